The summed E-state index contributed by atoms with van der Waals surface area (Å²) in [5.74, 6) is -1.09. The standard InChI is InChI=1S/C13H33O4Si3/c1-9-10-12(18)13(11(2)14,16-19(3,4)5)15-17-20(6,7)8/h11,14H,9-10H2,1-8,18H3. The van der Waals surface area contributed by atoms with Gasteiger partial charge in [0.1, 0.15) is 6.10 Å². The maximum Gasteiger partial charge on any atom is 0.230 e. The van der Waals surface area contributed by atoms with E-state index in [0.717, 1.165) is 28.6 Å². The summed E-state index contributed by atoms with van der Waals surface area (Å²) in [6, 6.07) is 0. The molecule has 0 aromatic carbocycles. The van der Waals surface area contributed by atoms with Crippen LogP contribution in [0.1, 0.15) is 26.7 Å². The minimum atomic E-state index is -1.89. The number of aliphatic hydroxyl groups excluding tert-OH is 1. The largest absolute Gasteiger partial charge is 0.388 e. The van der Waals surface area contributed by atoms with Gasteiger partial charge in [-0.1, -0.05) is 13.3 Å². The Morgan fingerprint density at radius 2 is 1.65 bits per heavy atom. The third-order valence-electron chi connectivity index (χ3n) is 2.64. The first-order valence-corrected chi connectivity index (χ1v) is 15.2. The van der Waals surface area contributed by atoms with Crippen LogP contribution in [-0.2, 0) is 13.9 Å². The van der Waals surface area contributed by atoms with Crippen molar-refractivity contribution in [1.29, 1.82) is 0 Å². The van der Waals surface area contributed by atoms with Crippen LogP contribution in [-0.4, -0.2) is 43.9 Å². The second-order valence-corrected chi connectivity index (χ2v) is 17.4. The Kier molecular flexibility index (Phi) is 7.85. The predicted octanol–water partition coefficient (Wildman–Crippen LogP) is 2.40. The fraction of sp³-hybridized carbons (Fsp3) is 0.923. The van der Waals surface area contributed by atoms with Gasteiger partial charge in [0.25, 0.3) is 0 Å². The van der Waals surface area contributed by atoms with Crippen LogP contribution in [0, 0.1) is 5.54 Å². The molecule has 2 atom stereocenters. The summed E-state index contributed by atoms with van der Waals surface area (Å²) < 4.78 is 11.9. The van der Waals surface area contributed by atoms with E-state index in [1.807, 2.05) is 0 Å². The summed E-state index contributed by atoms with van der Waals surface area (Å²) in [6.07, 6.45) is 1.17. The maximum absolute atomic E-state index is 10.3. The molecule has 7 heteroatoms. The van der Waals surface area contributed by atoms with Gasteiger partial charge in [-0.25, -0.2) is 4.89 Å². The van der Waals surface area contributed by atoms with Gasteiger partial charge in [-0.3, -0.25) is 4.58 Å². The van der Waals surface area contributed by atoms with E-state index < -0.39 is 28.5 Å². The van der Waals surface area contributed by atoms with E-state index in [2.05, 4.69) is 46.2 Å². The minimum absolute atomic E-state index is 0.746. The molecule has 0 spiro atoms. The van der Waals surface area contributed by atoms with Gasteiger partial charge in [-0.15, -0.1) is 0 Å². The van der Waals surface area contributed by atoms with E-state index in [-0.39, 0.29) is 0 Å². The molecule has 0 fully saturated rings. The van der Waals surface area contributed by atoms with Crippen molar-refractivity contribution in [2.75, 3.05) is 0 Å². The molecule has 0 aliphatic heterocycles. The molecule has 2 unspecified atom stereocenters. The first kappa shape index (κ1) is 20.5. The number of hydrogen-bond donors (Lipinski definition) is 1. The zero-order valence-electron chi connectivity index (χ0n) is 14.7. The van der Waals surface area contributed by atoms with Crippen molar-refractivity contribution in [3.8, 4) is 0 Å². The highest BCUT2D eigenvalue weighted by Gasteiger charge is 2.48. The molecule has 20 heavy (non-hydrogen) atoms. The lowest BCUT2D eigenvalue weighted by molar-refractivity contribution is -0.378. The molecule has 0 saturated heterocycles. The summed E-state index contributed by atoms with van der Waals surface area (Å²) in [6.45, 7) is 16.3. The second kappa shape index (κ2) is 7.66. The molecule has 0 aliphatic carbocycles. The van der Waals surface area contributed by atoms with Crippen molar-refractivity contribution in [2.45, 2.75) is 77.9 Å². The molecule has 4 nitrogen and oxygen atoms in total. The molecule has 0 saturated carbocycles. The summed E-state index contributed by atoms with van der Waals surface area (Å²) in [5, 5.41) is 10.3. The first-order chi connectivity index (χ1) is 8.84. The van der Waals surface area contributed by atoms with Crippen LogP contribution in [0.3, 0.4) is 0 Å². The van der Waals surface area contributed by atoms with Gasteiger partial charge in [0.15, 0.2) is 8.32 Å². The Morgan fingerprint density at radius 1 is 1.15 bits per heavy atom. The monoisotopic (exact) mass is 337 g/mol. The van der Waals surface area contributed by atoms with Crippen LogP contribution >= 0.6 is 0 Å². The highest BCUT2D eigenvalue weighted by molar-refractivity contribution is 6.70. The molecule has 121 valence electrons. The zero-order valence-corrected chi connectivity index (χ0v) is 18.7. The van der Waals surface area contributed by atoms with Crippen LogP contribution in [0.5, 0.6) is 0 Å². The molecule has 1 N–H and O–H groups in total. The summed E-state index contributed by atoms with van der Waals surface area (Å²) in [4.78, 5) is 5.77. The Bertz CT molecular complexity index is 286. The van der Waals surface area contributed by atoms with Crippen molar-refractivity contribution < 1.29 is 19.0 Å². The zero-order chi connectivity index (χ0) is 16.2. The van der Waals surface area contributed by atoms with Gasteiger partial charge >= 0.3 is 0 Å². The molecule has 0 amide bonds. The van der Waals surface area contributed by atoms with Crippen LogP contribution < -0.4 is 0 Å². The predicted molar refractivity (Wildman–Crippen MR) is 92.4 cm³/mol. The summed E-state index contributed by atoms with van der Waals surface area (Å²) in [5.41, 5.74) is 1.12. The fourth-order valence-corrected chi connectivity index (χ4v) is 4.85. The van der Waals surface area contributed by atoms with E-state index in [0.29, 0.717) is 0 Å². The Morgan fingerprint density at radius 3 is 1.95 bits per heavy atom. The average molecular weight is 338 g/mol. The van der Waals surface area contributed by atoms with E-state index in [4.69, 9.17) is 13.9 Å². The second-order valence-electron chi connectivity index (χ2n) is 7.37. The third-order valence-corrected chi connectivity index (χ3v) is 5.34. The van der Waals surface area contributed by atoms with Gasteiger partial charge in [-0.2, -0.15) is 0 Å². The van der Waals surface area contributed by atoms with E-state index in [1.165, 1.54) is 0 Å². The van der Waals surface area contributed by atoms with Crippen molar-refractivity contribution in [3.05, 3.63) is 5.54 Å². The van der Waals surface area contributed by atoms with Crippen LogP contribution in [0.4, 0.5) is 0 Å². The SMILES string of the molecule is CCC[C]([SiH3])C(OO[Si](C)(C)C)(O[Si](C)(C)C)C(C)O. The normalized spacial score (nSPS) is 18.3. The topological polar surface area (TPSA) is 47.9 Å². The molecular weight excluding hydrogens is 304 g/mol. The summed E-state index contributed by atoms with van der Waals surface area (Å²) >= 11 is 0. The fourth-order valence-electron chi connectivity index (χ4n) is 1.88. The van der Waals surface area contributed by atoms with Crippen LogP contribution in [0.2, 0.25) is 39.3 Å². The van der Waals surface area contributed by atoms with E-state index in [1.54, 1.807) is 6.92 Å². The molecule has 0 aliphatic rings. The van der Waals surface area contributed by atoms with Crippen molar-refractivity contribution in [2.24, 2.45) is 0 Å². The van der Waals surface area contributed by atoms with Gasteiger partial charge in [-0.05, 0) is 52.6 Å². The van der Waals surface area contributed by atoms with Crippen LogP contribution in [0.25, 0.3) is 0 Å². The molecule has 0 heterocycles. The van der Waals surface area contributed by atoms with Gasteiger partial charge < -0.3 is 9.53 Å². The molecule has 0 bridgehead atoms. The van der Waals surface area contributed by atoms with Gasteiger partial charge in [0.05, 0.1) is 0 Å². The first-order valence-electron chi connectivity index (χ1n) is 7.42. The highest BCUT2D eigenvalue weighted by atomic mass is 28.4. The highest BCUT2D eigenvalue weighted by Crippen LogP contribution is 2.35. The summed E-state index contributed by atoms with van der Waals surface area (Å²) in [7, 11) is -2.93. The lowest BCUT2D eigenvalue weighted by atomic mass is 10.0. The van der Waals surface area contributed by atoms with Gasteiger partial charge in [0, 0.05) is 15.8 Å². The van der Waals surface area contributed by atoms with Crippen LogP contribution in [0.15, 0.2) is 0 Å². The number of rotatable bonds is 9. The van der Waals surface area contributed by atoms with Gasteiger partial charge in [0.2, 0.25) is 14.1 Å². The quantitative estimate of drug-likeness (QED) is 0.304. The number of aliphatic hydroxyl groups is 1. The van der Waals surface area contributed by atoms with Crippen molar-refractivity contribution in [1.82, 2.24) is 0 Å². The molecule has 0 rings (SSSR count). The lowest BCUT2D eigenvalue weighted by Gasteiger charge is -2.44. The third kappa shape index (κ3) is 6.97. The van der Waals surface area contributed by atoms with E-state index in [9.17, 15) is 5.11 Å². The molecule has 1 radical (unpaired) electrons. The molecule has 0 aromatic heterocycles. The van der Waals surface area contributed by atoms with Crippen molar-refractivity contribution >= 4 is 26.9 Å². The van der Waals surface area contributed by atoms with E-state index >= 15 is 0 Å². The number of hydrogen-bond acceptors (Lipinski definition) is 4. The molecular formula is C13H33O4Si3. The Labute approximate surface area is 129 Å². The maximum atomic E-state index is 10.3. The smallest absolute Gasteiger partial charge is 0.230 e. The Hall–Kier alpha value is 0.491. The molecule has 0 aromatic rings. The Balaban J connectivity index is 5.33. The minimum Gasteiger partial charge on any atom is -0.388 e. The average Bonchev–Trinajstić information content (AvgIpc) is 2.21. The lowest BCUT2D eigenvalue weighted by Crippen LogP contribution is -2.57. The van der Waals surface area contributed by atoms with Crippen molar-refractivity contribution in [3.63, 3.8) is 0 Å².